The van der Waals surface area contributed by atoms with Gasteiger partial charge < -0.3 is 10.1 Å². The van der Waals surface area contributed by atoms with Crippen LogP contribution in [0.4, 0.5) is 0 Å². The van der Waals surface area contributed by atoms with E-state index in [1.54, 1.807) is 0 Å². The Bertz CT molecular complexity index is 713. The lowest BCUT2D eigenvalue weighted by Crippen LogP contribution is -2.34. The summed E-state index contributed by atoms with van der Waals surface area (Å²) >= 11 is 0. The average Bonchev–Trinajstić information content (AvgIpc) is 2.46. The summed E-state index contributed by atoms with van der Waals surface area (Å²) in [5.74, 6) is 0.892. The molecule has 0 atom stereocenters. The summed E-state index contributed by atoms with van der Waals surface area (Å²) in [6, 6.07) is 5.70. The number of aryl methyl sites for hydroxylation is 1. The number of aromatic nitrogens is 1. The van der Waals surface area contributed by atoms with Gasteiger partial charge in [-0.15, -0.1) is 0 Å². The quantitative estimate of drug-likeness (QED) is 0.892. The summed E-state index contributed by atoms with van der Waals surface area (Å²) in [7, 11) is 0. The van der Waals surface area contributed by atoms with Gasteiger partial charge in [-0.3, -0.25) is 9.69 Å². The summed E-state index contributed by atoms with van der Waals surface area (Å²) in [5.41, 5.74) is 2.08. The van der Waals surface area contributed by atoms with Crippen molar-refractivity contribution in [3.8, 4) is 5.75 Å². The van der Waals surface area contributed by atoms with E-state index in [1.165, 1.54) is 0 Å². The predicted octanol–water partition coefficient (Wildman–Crippen LogP) is 2.77. The van der Waals surface area contributed by atoms with E-state index >= 15 is 0 Å². The van der Waals surface area contributed by atoms with Crippen LogP contribution in [0.3, 0.4) is 0 Å². The molecule has 2 aromatic rings. The van der Waals surface area contributed by atoms with Crippen LogP contribution in [-0.2, 0) is 6.54 Å². The number of benzene rings is 1. The summed E-state index contributed by atoms with van der Waals surface area (Å²) in [5, 5.41) is 11.2. The number of pyridine rings is 1. The number of aromatic amines is 1. The van der Waals surface area contributed by atoms with Crippen LogP contribution in [0.25, 0.3) is 10.9 Å². The fourth-order valence-electron chi connectivity index (χ4n) is 3.02. The monoisotopic (exact) mass is 286 g/mol. The average molecular weight is 286 g/mol. The molecule has 1 aliphatic rings. The van der Waals surface area contributed by atoms with Crippen LogP contribution < -0.4 is 5.56 Å². The Balaban J connectivity index is 1.96. The van der Waals surface area contributed by atoms with Crippen LogP contribution in [0, 0.1) is 12.8 Å². The maximum atomic E-state index is 12.2. The van der Waals surface area contributed by atoms with Crippen LogP contribution in [0.5, 0.6) is 5.75 Å². The first-order chi connectivity index (χ1) is 10.0. The predicted molar refractivity (Wildman–Crippen MR) is 84.6 cm³/mol. The minimum atomic E-state index is -0.178. The van der Waals surface area contributed by atoms with Crippen molar-refractivity contribution in [2.24, 2.45) is 5.92 Å². The van der Waals surface area contributed by atoms with E-state index in [0.29, 0.717) is 17.6 Å². The molecule has 2 heterocycles. The van der Waals surface area contributed by atoms with Gasteiger partial charge in [0.2, 0.25) is 0 Å². The summed E-state index contributed by atoms with van der Waals surface area (Å²) in [4.78, 5) is 17.4. The summed E-state index contributed by atoms with van der Waals surface area (Å²) < 4.78 is 0. The van der Waals surface area contributed by atoms with Crippen molar-refractivity contribution < 1.29 is 5.11 Å². The van der Waals surface area contributed by atoms with Gasteiger partial charge in [-0.25, -0.2) is 0 Å². The number of hydrogen-bond acceptors (Lipinski definition) is 3. The van der Waals surface area contributed by atoms with Gasteiger partial charge in [-0.2, -0.15) is 0 Å². The second-order valence-electron chi connectivity index (χ2n) is 6.29. The highest BCUT2D eigenvalue weighted by atomic mass is 16.3. The molecule has 2 N–H and O–H groups in total. The van der Waals surface area contributed by atoms with Gasteiger partial charge in [-0.05, 0) is 50.9 Å². The van der Waals surface area contributed by atoms with Crippen LogP contribution in [0.1, 0.15) is 30.9 Å². The molecule has 0 bridgehead atoms. The molecule has 0 unspecified atom stereocenters. The van der Waals surface area contributed by atoms with Crippen LogP contribution in [-0.4, -0.2) is 28.1 Å². The smallest absolute Gasteiger partial charge is 0.256 e. The second-order valence-corrected chi connectivity index (χ2v) is 6.29. The number of fused-ring (bicyclic) bond motifs is 1. The molecule has 112 valence electrons. The Kier molecular flexibility index (Phi) is 3.72. The van der Waals surface area contributed by atoms with E-state index in [0.717, 1.165) is 42.8 Å². The van der Waals surface area contributed by atoms with Gasteiger partial charge in [-0.1, -0.05) is 18.6 Å². The highest BCUT2D eigenvalue weighted by Crippen LogP contribution is 2.27. The molecule has 4 nitrogen and oxygen atoms in total. The SMILES string of the molecule is Cc1ccc2[nH]c(=O)c(CN3CCC(C)CC3)c(O)c2c1. The fraction of sp³-hybridized carbons (Fsp3) is 0.471. The first-order valence-electron chi connectivity index (χ1n) is 7.61. The molecule has 1 aliphatic heterocycles. The number of likely N-dealkylation sites (tertiary alicyclic amines) is 1. The zero-order valence-corrected chi connectivity index (χ0v) is 12.6. The lowest BCUT2D eigenvalue weighted by atomic mass is 9.98. The number of nitrogens with one attached hydrogen (secondary N) is 1. The number of nitrogens with zero attached hydrogens (tertiary/aromatic N) is 1. The van der Waals surface area contributed by atoms with Gasteiger partial charge in [0.25, 0.3) is 5.56 Å². The fourth-order valence-corrected chi connectivity index (χ4v) is 3.02. The van der Waals surface area contributed by atoms with Gasteiger partial charge in [0, 0.05) is 11.9 Å². The second kappa shape index (κ2) is 5.53. The minimum absolute atomic E-state index is 0.135. The maximum Gasteiger partial charge on any atom is 0.256 e. The highest BCUT2D eigenvalue weighted by Gasteiger charge is 2.19. The molecule has 4 heteroatoms. The van der Waals surface area contributed by atoms with Crippen molar-refractivity contribution >= 4 is 10.9 Å². The van der Waals surface area contributed by atoms with Crippen molar-refractivity contribution in [2.75, 3.05) is 13.1 Å². The highest BCUT2D eigenvalue weighted by molar-refractivity contribution is 5.86. The molecule has 0 spiro atoms. The summed E-state index contributed by atoms with van der Waals surface area (Å²) in [6.07, 6.45) is 2.32. The Morgan fingerprint density at radius 1 is 1.33 bits per heavy atom. The maximum absolute atomic E-state index is 12.2. The van der Waals surface area contributed by atoms with Gasteiger partial charge in [0.05, 0.1) is 11.1 Å². The number of hydrogen-bond donors (Lipinski definition) is 2. The Morgan fingerprint density at radius 2 is 2.05 bits per heavy atom. The first kappa shape index (κ1) is 14.1. The number of aromatic hydroxyl groups is 1. The largest absolute Gasteiger partial charge is 0.507 e. The van der Waals surface area contributed by atoms with Crippen molar-refractivity contribution in [3.63, 3.8) is 0 Å². The van der Waals surface area contributed by atoms with Gasteiger partial charge >= 0.3 is 0 Å². The molecule has 1 fully saturated rings. The third kappa shape index (κ3) is 2.81. The Labute approximate surface area is 124 Å². The molecule has 0 aliphatic carbocycles. The van der Waals surface area contributed by atoms with Crippen molar-refractivity contribution in [2.45, 2.75) is 33.2 Å². The third-order valence-corrected chi connectivity index (χ3v) is 4.50. The third-order valence-electron chi connectivity index (χ3n) is 4.50. The Morgan fingerprint density at radius 3 is 2.76 bits per heavy atom. The van der Waals surface area contributed by atoms with E-state index in [-0.39, 0.29) is 11.3 Å². The Hall–Kier alpha value is -1.81. The van der Waals surface area contributed by atoms with E-state index < -0.39 is 0 Å². The number of H-pyrrole nitrogens is 1. The van der Waals surface area contributed by atoms with Crippen LogP contribution >= 0.6 is 0 Å². The van der Waals surface area contributed by atoms with Crippen molar-refractivity contribution in [1.82, 2.24) is 9.88 Å². The molecule has 3 rings (SSSR count). The normalized spacial score (nSPS) is 17.4. The molecule has 0 saturated carbocycles. The molecule has 21 heavy (non-hydrogen) atoms. The molecule has 1 aromatic heterocycles. The number of rotatable bonds is 2. The molecular weight excluding hydrogens is 264 g/mol. The zero-order valence-electron chi connectivity index (χ0n) is 12.6. The lowest BCUT2D eigenvalue weighted by Gasteiger charge is -2.30. The topological polar surface area (TPSA) is 56.3 Å². The zero-order chi connectivity index (χ0) is 15.0. The molecule has 0 radical (unpaired) electrons. The first-order valence-corrected chi connectivity index (χ1v) is 7.61. The van der Waals surface area contributed by atoms with Crippen LogP contribution in [0.2, 0.25) is 0 Å². The molecule has 1 saturated heterocycles. The van der Waals surface area contributed by atoms with Crippen LogP contribution in [0.15, 0.2) is 23.0 Å². The van der Waals surface area contributed by atoms with Crippen molar-refractivity contribution in [1.29, 1.82) is 0 Å². The number of piperidine rings is 1. The van der Waals surface area contributed by atoms with E-state index in [4.69, 9.17) is 0 Å². The molecule has 1 aromatic carbocycles. The van der Waals surface area contributed by atoms with E-state index in [1.807, 2.05) is 25.1 Å². The van der Waals surface area contributed by atoms with Gasteiger partial charge in [0.1, 0.15) is 5.75 Å². The molecular formula is C17H22N2O2. The van der Waals surface area contributed by atoms with E-state index in [9.17, 15) is 9.90 Å². The summed E-state index contributed by atoms with van der Waals surface area (Å²) in [6.45, 7) is 6.76. The van der Waals surface area contributed by atoms with E-state index in [2.05, 4.69) is 16.8 Å². The van der Waals surface area contributed by atoms with Crippen molar-refractivity contribution in [3.05, 3.63) is 39.7 Å². The van der Waals surface area contributed by atoms with Gasteiger partial charge in [0.15, 0.2) is 0 Å². The lowest BCUT2D eigenvalue weighted by molar-refractivity contribution is 0.183. The standard InChI is InChI=1S/C17H22N2O2/c1-11-5-7-19(8-6-11)10-14-16(20)13-9-12(2)3-4-15(13)18-17(14)21/h3-4,9,11H,5-8,10H2,1-2H3,(H2,18,20,21). The molecule has 0 amide bonds. The minimum Gasteiger partial charge on any atom is -0.507 e.